The Hall–Kier alpha value is -2.27. The van der Waals surface area contributed by atoms with Crippen LogP contribution in [-0.4, -0.2) is 56.8 Å². The fourth-order valence-corrected chi connectivity index (χ4v) is 6.10. The van der Waals surface area contributed by atoms with Crippen molar-refractivity contribution in [2.24, 2.45) is 17.3 Å². The summed E-state index contributed by atoms with van der Waals surface area (Å²) in [7, 11) is 1.70. The number of hydrogen-bond acceptors (Lipinski definition) is 5. The Bertz CT molecular complexity index is 898. The van der Waals surface area contributed by atoms with Crippen LogP contribution in [0.4, 0.5) is 5.69 Å². The van der Waals surface area contributed by atoms with Gasteiger partial charge in [-0.3, -0.25) is 9.69 Å². The topological polar surface area (TPSA) is 42.0 Å². The molecule has 2 aliphatic heterocycles. The van der Waals surface area contributed by atoms with Crippen molar-refractivity contribution in [3.63, 3.8) is 0 Å². The van der Waals surface area contributed by atoms with E-state index < -0.39 is 0 Å². The average molecular weight is 423 g/mol. The number of nitrogens with zero attached hydrogens (tertiary/aromatic N) is 2. The molecule has 5 heteroatoms. The molecule has 31 heavy (non-hydrogen) atoms. The molecule has 2 saturated heterocycles. The predicted molar refractivity (Wildman–Crippen MR) is 122 cm³/mol. The van der Waals surface area contributed by atoms with Gasteiger partial charge in [-0.1, -0.05) is 24.6 Å². The summed E-state index contributed by atoms with van der Waals surface area (Å²) in [5.74, 6) is 1.08. The molecule has 1 aromatic carbocycles. The number of hydrogen-bond donors (Lipinski definition) is 0. The molecular weight excluding hydrogens is 388 g/mol. The maximum Gasteiger partial charge on any atom is 0.311 e. The van der Waals surface area contributed by atoms with Gasteiger partial charge in [-0.15, -0.1) is 0 Å². The standard InChI is InChI=1S/C26H34N2O3/c1-18-5-4-10-26(2)16-24-21(15-23(18)26)22(25(29)31-24)17-27-11-13-28(14-12-27)19-6-8-20(30-3)9-7-19/h5-9,15,21-22,24H,4,10-14,16-17H2,1-3H3. The third kappa shape index (κ3) is 3.78. The Morgan fingerprint density at radius 2 is 1.90 bits per heavy atom. The van der Waals surface area contributed by atoms with Crippen LogP contribution < -0.4 is 9.64 Å². The van der Waals surface area contributed by atoms with Crippen LogP contribution in [0.1, 0.15) is 33.1 Å². The van der Waals surface area contributed by atoms with E-state index in [9.17, 15) is 4.79 Å². The van der Waals surface area contributed by atoms with E-state index >= 15 is 0 Å². The van der Waals surface area contributed by atoms with Crippen LogP contribution in [0.2, 0.25) is 0 Å². The van der Waals surface area contributed by atoms with Gasteiger partial charge in [-0.25, -0.2) is 0 Å². The lowest BCUT2D eigenvalue weighted by Crippen LogP contribution is -2.49. The van der Waals surface area contributed by atoms with E-state index in [-0.39, 0.29) is 29.3 Å². The average Bonchev–Trinajstić information content (AvgIpc) is 3.06. The number of methoxy groups -OCH3 is 1. The van der Waals surface area contributed by atoms with E-state index in [1.807, 2.05) is 12.1 Å². The fraction of sp³-hybridized carbons (Fsp3) is 0.577. The van der Waals surface area contributed by atoms with Crippen LogP contribution in [0.25, 0.3) is 0 Å². The van der Waals surface area contributed by atoms with Gasteiger partial charge in [0.15, 0.2) is 0 Å². The third-order valence-electron chi connectivity index (χ3n) is 7.96. The summed E-state index contributed by atoms with van der Waals surface area (Å²) in [5, 5.41) is 0. The Morgan fingerprint density at radius 3 is 2.61 bits per heavy atom. The maximum absolute atomic E-state index is 12.8. The highest BCUT2D eigenvalue weighted by molar-refractivity contribution is 5.76. The van der Waals surface area contributed by atoms with Crippen LogP contribution >= 0.6 is 0 Å². The van der Waals surface area contributed by atoms with E-state index in [0.717, 1.165) is 57.7 Å². The molecule has 2 aliphatic carbocycles. The summed E-state index contributed by atoms with van der Waals surface area (Å²) in [4.78, 5) is 17.7. The first-order valence-corrected chi connectivity index (χ1v) is 11.7. The lowest BCUT2D eigenvalue weighted by molar-refractivity contribution is -0.145. The van der Waals surface area contributed by atoms with Crippen molar-refractivity contribution in [1.82, 2.24) is 4.90 Å². The van der Waals surface area contributed by atoms with E-state index in [4.69, 9.17) is 9.47 Å². The molecular formula is C26H34N2O3. The molecule has 4 unspecified atom stereocenters. The molecule has 5 nitrogen and oxygen atoms in total. The van der Waals surface area contributed by atoms with Crippen molar-refractivity contribution in [2.45, 2.75) is 39.2 Å². The minimum absolute atomic E-state index is 0.00770. The zero-order valence-corrected chi connectivity index (χ0v) is 19.0. The van der Waals surface area contributed by atoms with Gasteiger partial charge in [0, 0.05) is 44.3 Å². The Morgan fingerprint density at radius 1 is 1.16 bits per heavy atom. The van der Waals surface area contributed by atoms with Crippen LogP contribution in [0, 0.1) is 17.3 Å². The zero-order chi connectivity index (χ0) is 21.6. The van der Waals surface area contributed by atoms with Gasteiger partial charge >= 0.3 is 5.97 Å². The lowest BCUT2D eigenvalue weighted by atomic mass is 9.62. The number of allylic oxidation sites excluding steroid dienone is 3. The molecule has 0 N–H and O–H groups in total. The Kier molecular flexibility index (Phi) is 5.33. The highest BCUT2D eigenvalue weighted by Gasteiger charge is 2.51. The molecule has 4 aliphatic rings. The van der Waals surface area contributed by atoms with Gasteiger partial charge in [0.1, 0.15) is 11.9 Å². The van der Waals surface area contributed by atoms with Crippen molar-refractivity contribution in [2.75, 3.05) is 44.7 Å². The highest BCUT2D eigenvalue weighted by Crippen LogP contribution is 2.52. The van der Waals surface area contributed by atoms with Crippen molar-refractivity contribution in [3.05, 3.63) is 47.6 Å². The second-order valence-corrected chi connectivity index (χ2v) is 9.92. The summed E-state index contributed by atoms with van der Waals surface area (Å²) in [6.07, 6.45) is 8.09. The molecule has 5 rings (SSSR count). The van der Waals surface area contributed by atoms with E-state index in [0.29, 0.717) is 0 Å². The number of carbonyl (C=O) groups excluding carboxylic acids is 1. The molecule has 0 spiro atoms. The molecule has 0 saturated carbocycles. The number of carbonyl (C=O) groups is 1. The lowest BCUT2D eigenvalue weighted by Gasteiger charge is -2.43. The smallest absolute Gasteiger partial charge is 0.311 e. The van der Waals surface area contributed by atoms with Crippen molar-refractivity contribution in [3.8, 4) is 5.75 Å². The summed E-state index contributed by atoms with van der Waals surface area (Å²) < 4.78 is 11.2. The second kappa shape index (κ2) is 8.01. The summed E-state index contributed by atoms with van der Waals surface area (Å²) in [5.41, 5.74) is 4.27. The van der Waals surface area contributed by atoms with Crippen molar-refractivity contribution < 1.29 is 14.3 Å². The number of fused-ring (bicyclic) bond motifs is 2. The van der Waals surface area contributed by atoms with Crippen LogP contribution in [0.15, 0.2) is 47.6 Å². The summed E-state index contributed by atoms with van der Waals surface area (Å²) >= 11 is 0. The fourth-order valence-electron chi connectivity index (χ4n) is 6.10. The Balaban J connectivity index is 1.25. The SMILES string of the molecule is COc1ccc(N2CCN(CC3C(=O)OC4CC5(C)CCC=C(C)C5=CC43)CC2)cc1. The minimum Gasteiger partial charge on any atom is -0.497 e. The normalized spacial score (nSPS) is 33.2. The molecule has 1 aromatic rings. The first-order chi connectivity index (χ1) is 15.0. The molecule has 0 bridgehead atoms. The largest absolute Gasteiger partial charge is 0.497 e. The maximum atomic E-state index is 12.8. The molecule has 4 atom stereocenters. The first-order valence-electron chi connectivity index (χ1n) is 11.7. The zero-order valence-electron chi connectivity index (χ0n) is 19.0. The number of piperazine rings is 1. The highest BCUT2D eigenvalue weighted by atomic mass is 16.6. The summed E-state index contributed by atoms with van der Waals surface area (Å²) in [6.45, 7) is 9.28. The second-order valence-electron chi connectivity index (χ2n) is 9.92. The van der Waals surface area contributed by atoms with Gasteiger partial charge in [0.05, 0.1) is 13.0 Å². The first kappa shape index (κ1) is 20.6. The molecule has 166 valence electrons. The quantitative estimate of drug-likeness (QED) is 0.685. The van der Waals surface area contributed by atoms with Crippen LogP contribution in [-0.2, 0) is 9.53 Å². The number of esters is 1. The van der Waals surface area contributed by atoms with Crippen molar-refractivity contribution in [1.29, 1.82) is 0 Å². The predicted octanol–water partition coefficient (Wildman–Crippen LogP) is 4.05. The van der Waals surface area contributed by atoms with Crippen LogP contribution in [0.5, 0.6) is 5.75 Å². The number of anilines is 1. The van der Waals surface area contributed by atoms with Gasteiger partial charge in [-0.2, -0.15) is 0 Å². The molecule has 0 amide bonds. The van der Waals surface area contributed by atoms with E-state index in [1.165, 1.54) is 16.8 Å². The number of benzene rings is 1. The van der Waals surface area contributed by atoms with Gasteiger partial charge in [-0.05, 0) is 61.4 Å². The number of rotatable bonds is 4. The number of ether oxygens (including phenoxy) is 2. The van der Waals surface area contributed by atoms with Gasteiger partial charge < -0.3 is 14.4 Å². The molecule has 0 radical (unpaired) electrons. The van der Waals surface area contributed by atoms with Gasteiger partial charge in [0.2, 0.25) is 0 Å². The summed E-state index contributed by atoms with van der Waals surface area (Å²) in [6, 6.07) is 8.28. The minimum atomic E-state index is -0.0377. The monoisotopic (exact) mass is 422 g/mol. The molecule has 2 fully saturated rings. The molecule has 2 heterocycles. The van der Waals surface area contributed by atoms with E-state index in [2.05, 4.69) is 47.9 Å². The third-order valence-corrected chi connectivity index (χ3v) is 7.96. The van der Waals surface area contributed by atoms with E-state index in [1.54, 1.807) is 7.11 Å². The molecule has 0 aromatic heterocycles. The van der Waals surface area contributed by atoms with Crippen LogP contribution in [0.3, 0.4) is 0 Å². The van der Waals surface area contributed by atoms with Gasteiger partial charge in [0.25, 0.3) is 0 Å². The van der Waals surface area contributed by atoms with Crippen molar-refractivity contribution >= 4 is 11.7 Å². The Labute approximate surface area is 185 Å².